The van der Waals surface area contributed by atoms with Crippen LogP contribution in [0.25, 0.3) is 11.0 Å². The monoisotopic (exact) mass is 362 g/mol. The van der Waals surface area contributed by atoms with Gasteiger partial charge in [0, 0.05) is 20.2 Å². The predicted molar refractivity (Wildman–Crippen MR) is 95.4 cm³/mol. The van der Waals surface area contributed by atoms with Crippen LogP contribution in [0.3, 0.4) is 0 Å². The Morgan fingerprint density at radius 2 is 1.85 bits per heavy atom. The first-order chi connectivity index (χ1) is 12.1. The quantitative estimate of drug-likeness (QED) is 0.791. The number of rotatable bonds is 1. The lowest BCUT2D eigenvalue weighted by atomic mass is 10.2. The van der Waals surface area contributed by atoms with Crippen LogP contribution in [0.15, 0.2) is 16.9 Å². The lowest BCUT2D eigenvalue weighted by Crippen LogP contribution is -2.48. The molecule has 0 spiro atoms. The molecule has 0 aliphatic carbocycles. The van der Waals surface area contributed by atoms with Gasteiger partial charge in [-0.25, -0.2) is 9.59 Å². The zero-order valence-electron chi connectivity index (χ0n) is 15.4. The van der Waals surface area contributed by atoms with Gasteiger partial charge < -0.3 is 20.1 Å². The normalized spacial score (nSPS) is 17.1. The minimum Gasteiger partial charge on any atom is -0.489 e. The van der Waals surface area contributed by atoms with Gasteiger partial charge in [0.25, 0.3) is 5.91 Å². The Labute approximate surface area is 149 Å². The van der Waals surface area contributed by atoms with Crippen LogP contribution in [-0.2, 0) is 23.6 Å². The third kappa shape index (κ3) is 3.24. The first kappa shape index (κ1) is 17.8. The van der Waals surface area contributed by atoms with E-state index in [1.165, 1.54) is 9.13 Å². The fourth-order valence-electron chi connectivity index (χ4n) is 2.77. The summed E-state index contributed by atoms with van der Waals surface area (Å²) >= 11 is 0. The van der Waals surface area contributed by atoms with Gasteiger partial charge in [-0.3, -0.25) is 13.9 Å². The van der Waals surface area contributed by atoms with Crippen LogP contribution in [0.5, 0.6) is 5.75 Å². The fourth-order valence-corrected chi connectivity index (χ4v) is 2.77. The number of alkyl carbamates (subject to hydrolysis) is 1. The Balaban J connectivity index is 1.86. The summed E-state index contributed by atoms with van der Waals surface area (Å²) in [4.78, 5) is 36.4. The van der Waals surface area contributed by atoms with Crippen LogP contribution in [0.4, 0.5) is 10.5 Å². The van der Waals surface area contributed by atoms with Crippen LogP contribution in [0.2, 0.25) is 0 Å². The minimum atomic E-state index is -0.899. The highest BCUT2D eigenvalue weighted by molar-refractivity contribution is 6.00. The molecule has 2 heterocycles. The molecular weight excluding hydrogens is 340 g/mol. The largest absolute Gasteiger partial charge is 0.489 e. The molecule has 2 amide bonds. The lowest BCUT2D eigenvalue weighted by molar-refractivity contribution is -0.118. The van der Waals surface area contributed by atoms with Gasteiger partial charge in [-0.05, 0) is 26.8 Å². The SMILES string of the molecule is Cn1c(=O)n(C)c2cc3c(cc21)NC(=O)[C@@H](NC(=O)OC(C)(C)C)CO3. The molecule has 2 N–H and O–H groups in total. The van der Waals surface area contributed by atoms with Crippen LogP contribution >= 0.6 is 0 Å². The maximum Gasteiger partial charge on any atom is 0.408 e. The standard InChI is InChI=1S/C17H22N4O5/c1-17(2,3)26-15(23)19-10-8-25-13-7-12-11(6-9(13)18-14(10)22)20(4)16(24)21(12)5/h6-7,10H,8H2,1-5H3,(H,18,22)(H,19,23)/t10-/m0/s1. The summed E-state index contributed by atoms with van der Waals surface area (Å²) in [6.45, 7) is 5.16. The Morgan fingerprint density at radius 1 is 1.23 bits per heavy atom. The number of aromatic nitrogens is 2. The number of carbonyl (C=O) groups excluding carboxylic acids is 2. The number of amides is 2. The maximum absolute atomic E-state index is 12.4. The summed E-state index contributed by atoms with van der Waals surface area (Å²) < 4.78 is 13.9. The molecular formula is C17H22N4O5. The van der Waals surface area contributed by atoms with E-state index in [1.807, 2.05) is 0 Å². The van der Waals surface area contributed by atoms with E-state index in [0.717, 1.165) is 0 Å². The van der Waals surface area contributed by atoms with Crippen molar-refractivity contribution in [3.8, 4) is 5.75 Å². The highest BCUT2D eigenvalue weighted by atomic mass is 16.6. The number of nitrogens with one attached hydrogen (secondary N) is 2. The van der Waals surface area contributed by atoms with Crippen LogP contribution in [0, 0.1) is 0 Å². The summed E-state index contributed by atoms with van der Waals surface area (Å²) in [5.74, 6) is 0.00966. The topological polar surface area (TPSA) is 104 Å². The van der Waals surface area contributed by atoms with Gasteiger partial charge in [-0.2, -0.15) is 0 Å². The van der Waals surface area contributed by atoms with Gasteiger partial charge in [0.05, 0.1) is 16.7 Å². The van der Waals surface area contributed by atoms with Crippen molar-refractivity contribution in [2.24, 2.45) is 14.1 Å². The molecule has 0 unspecified atom stereocenters. The molecule has 140 valence electrons. The third-order valence-corrected chi connectivity index (χ3v) is 4.04. The second-order valence-corrected chi connectivity index (χ2v) is 7.24. The molecule has 1 aromatic heterocycles. The van der Waals surface area contributed by atoms with Crippen molar-refractivity contribution in [3.63, 3.8) is 0 Å². The average molecular weight is 362 g/mol. The van der Waals surface area contributed by atoms with Crippen molar-refractivity contribution in [2.75, 3.05) is 11.9 Å². The van der Waals surface area contributed by atoms with Gasteiger partial charge in [-0.15, -0.1) is 0 Å². The zero-order valence-corrected chi connectivity index (χ0v) is 15.4. The van der Waals surface area contributed by atoms with E-state index in [2.05, 4.69) is 10.6 Å². The molecule has 3 rings (SSSR count). The third-order valence-electron chi connectivity index (χ3n) is 4.04. The van der Waals surface area contributed by atoms with Crippen LogP contribution < -0.4 is 21.1 Å². The smallest absolute Gasteiger partial charge is 0.408 e. The molecule has 0 bridgehead atoms. The molecule has 9 heteroatoms. The number of hydrogen-bond donors (Lipinski definition) is 2. The van der Waals surface area contributed by atoms with E-state index in [0.29, 0.717) is 22.5 Å². The number of carbonyl (C=O) groups is 2. The molecule has 1 aliphatic heterocycles. The van der Waals surface area contributed by atoms with Crippen LogP contribution in [-0.4, -0.2) is 39.4 Å². The van der Waals surface area contributed by atoms with Crippen molar-refractivity contribution in [1.82, 2.24) is 14.5 Å². The molecule has 26 heavy (non-hydrogen) atoms. The van der Waals surface area contributed by atoms with Crippen molar-refractivity contribution in [2.45, 2.75) is 32.4 Å². The number of hydrogen-bond acceptors (Lipinski definition) is 5. The molecule has 0 fully saturated rings. The molecule has 1 aromatic carbocycles. The summed E-state index contributed by atoms with van der Waals surface area (Å²) in [5.41, 5.74) is 0.952. The summed E-state index contributed by atoms with van der Waals surface area (Å²) in [5, 5.41) is 5.24. The van der Waals surface area contributed by atoms with E-state index < -0.39 is 23.6 Å². The minimum absolute atomic E-state index is 0.0512. The molecule has 1 atom stereocenters. The summed E-state index contributed by atoms with van der Waals surface area (Å²) in [6, 6.07) is 2.48. The van der Waals surface area contributed by atoms with Crippen molar-refractivity contribution in [3.05, 3.63) is 22.6 Å². The Hall–Kier alpha value is -2.97. The Morgan fingerprint density at radius 3 is 2.46 bits per heavy atom. The van der Waals surface area contributed by atoms with E-state index in [4.69, 9.17) is 9.47 Å². The van der Waals surface area contributed by atoms with E-state index in [1.54, 1.807) is 47.0 Å². The molecule has 0 saturated carbocycles. The number of nitrogens with zero attached hydrogens (tertiary/aromatic N) is 2. The first-order valence-corrected chi connectivity index (χ1v) is 8.19. The van der Waals surface area contributed by atoms with Gasteiger partial charge in [0.2, 0.25) is 0 Å². The first-order valence-electron chi connectivity index (χ1n) is 8.19. The second-order valence-electron chi connectivity index (χ2n) is 7.24. The number of ether oxygens (including phenoxy) is 2. The van der Waals surface area contributed by atoms with Gasteiger partial charge >= 0.3 is 11.8 Å². The molecule has 9 nitrogen and oxygen atoms in total. The van der Waals surface area contributed by atoms with Crippen molar-refractivity contribution in [1.29, 1.82) is 0 Å². The highest BCUT2D eigenvalue weighted by Crippen LogP contribution is 2.31. The van der Waals surface area contributed by atoms with Gasteiger partial charge in [0.15, 0.2) is 0 Å². The summed E-state index contributed by atoms with van der Waals surface area (Å²) in [6.07, 6.45) is -0.695. The average Bonchev–Trinajstić information content (AvgIpc) is 2.67. The van der Waals surface area contributed by atoms with Gasteiger partial charge in [-0.1, -0.05) is 0 Å². The lowest BCUT2D eigenvalue weighted by Gasteiger charge is -2.22. The Bertz CT molecular complexity index is 951. The highest BCUT2D eigenvalue weighted by Gasteiger charge is 2.29. The summed E-state index contributed by atoms with van der Waals surface area (Å²) in [7, 11) is 3.32. The van der Waals surface area contributed by atoms with E-state index in [9.17, 15) is 14.4 Å². The molecule has 2 aromatic rings. The van der Waals surface area contributed by atoms with Crippen molar-refractivity contribution >= 4 is 28.7 Å². The van der Waals surface area contributed by atoms with E-state index in [-0.39, 0.29) is 12.3 Å². The Kier molecular flexibility index (Phi) is 4.17. The zero-order chi connectivity index (χ0) is 19.2. The maximum atomic E-state index is 12.4. The number of fused-ring (bicyclic) bond motifs is 2. The van der Waals surface area contributed by atoms with Gasteiger partial charge in [0.1, 0.15) is 24.0 Å². The van der Waals surface area contributed by atoms with Crippen molar-refractivity contribution < 1.29 is 19.1 Å². The number of benzene rings is 1. The molecule has 0 radical (unpaired) electrons. The second kappa shape index (κ2) is 6.08. The predicted octanol–water partition coefficient (Wildman–Crippen LogP) is 1.10. The number of anilines is 1. The molecule has 1 aliphatic rings. The fraction of sp³-hybridized carbons (Fsp3) is 0.471. The number of aryl methyl sites for hydroxylation is 2. The number of imidazole rings is 1. The molecule has 0 saturated heterocycles. The van der Waals surface area contributed by atoms with E-state index >= 15 is 0 Å². The van der Waals surface area contributed by atoms with Crippen LogP contribution in [0.1, 0.15) is 20.8 Å².